The second-order valence-corrected chi connectivity index (χ2v) is 5.56. The number of ether oxygens (including phenoxy) is 1. The molecule has 0 aliphatic carbocycles. The fraction of sp³-hybridized carbons (Fsp3) is 0.316. The molecule has 0 spiro atoms. The van der Waals surface area contributed by atoms with Crippen molar-refractivity contribution in [2.24, 2.45) is 0 Å². The van der Waals surface area contributed by atoms with Crippen LogP contribution in [0.4, 0.5) is 10.1 Å². The number of nitrogens with two attached hydrogens (primary N) is 1. The number of halogens is 1. The largest absolute Gasteiger partial charge is 0.493 e. The van der Waals surface area contributed by atoms with Crippen LogP contribution in [0.1, 0.15) is 54.6 Å². The van der Waals surface area contributed by atoms with Crippen LogP contribution in [0.5, 0.6) is 5.75 Å². The Morgan fingerprint density at radius 3 is 2.57 bits per heavy atom. The maximum Gasteiger partial charge on any atom is 0.198 e. The molecule has 4 heteroatoms. The first-order valence-electron chi connectivity index (χ1n) is 7.84. The lowest BCUT2D eigenvalue weighted by Crippen LogP contribution is -2.09. The van der Waals surface area contributed by atoms with Gasteiger partial charge in [0.2, 0.25) is 0 Å². The number of benzene rings is 2. The highest BCUT2D eigenvalue weighted by atomic mass is 19.1. The third-order valence-corrected chi connectivity index (χ3v) is 3.99. The van der Waals surface area contributed by atoms with E-state index in [1.54, 1.807) is 12.1 Å². The summed E-state index contributed by atoms with van der Waals surface area (Å²) >= 11 is 0. The van der Waals surface area contributed by atoms with Crippen LogP contribution in [0.15, 0.2) is 36.4 Å². The van der Waals surface area contributed by atoms with E-state index in [2.05, 4.69) is 13.8 Å². The molecule has 23 heavy (non-hydrogen) atoms. The average molecular weight is 315 g/mol. The number of anilines is 1. The molecule has 0 radical (unpaired) electrons. The molecule has 1 unspecified atom stereocenters. The third-order valence-electron chi connectivity index (χ3n) is 3.99. The maximum atomic E-state index is 13.6. The molecular formula is C19H22FNO2. The number of hydrogen-bond acceptors (Lipinski definition) is 3. The van der Waals surface area contributed by atoms with E-state index in [1.165, 1.54) is 18.2 Å². The average Bonchev–Trinajstić information content (AvgIpc) is 2.55. The standard InChI is InChI=1S/C19H22FNO2/c1-4-12(3)13-6-8-17(21)15(10-13)19(22)16-11-14(20)7-9-18(16)23-5-2/h6-12H,4-5,21H2,1-3H3. The lowest BCUT2D eigenvalue weighted by molar-refractivity contribution is 0.103. The van der Waals surface area contributed by atoms with E-state index < -0.39 is 5.82 Å². The van der Waals surface area contributed by atoms with E-state index in [0.717, 1.165) is 12.0 Å². The Morgan fingerprint density at radius 2 is 1.91 bits per heavy atom. The van der Waals surface area contributed by atoms with Crippen LogP contribution in [0.3, 0.4) is 0 Å². The minimum Gasteiger partial charge on any atom is -0.493 e. The summed E-state index contributed by atoms with van der Waals surface area (Å²) in [7, 11) is 0. The summed E-state index contributed by atoms with van der Waals surface area (Å²) in [5.74, 6) is -0.114. The number of carbonyl (C=O) groups excluding carboxylic acids is 1. The van der Waals surface area contributed by atoms with Crippen molar-refractivity contribution in [3.8, 4) is 5.75 Å². The Bertz CT molecular complexity index is 713. The Hall–Kier alpha value is -2.36. The van der Waals surface area contributed by atoms with Crippen molar-refractivity contribution in [2.45, 2.75) is 33.1 Å². The third kappa shape index (κ3) is 3.70. The summed E-state index contributed by atoms with van der Waals surface area (Å²) in [5, 5.41) is 0. The maximum absolute atomic E-state index is 13.6. The lowest BCUT2D eigenvalue weighted by atomic mass is 9.93. The summed E-state index contributed by atoms with van der Waals surface area (Å²) in [6.07, 6.45) is 0.960. The van der Waals surface area contributed by atoms with E-state index in [4.69, 9.17) is 10.5 Å². The van der Waals surface area contributed by atoms with Crippen LogP contribution >= 0.6 is 0 Å². The highest BCUT2D eigenvalue weighted by molar-refractivity contribution is 6.13. The predicted octanol–water partition coefficient (Wildman–Crippen LogP) is 4.55. The number of carbonyl (C=O) groups is 1. The minimum absolute atomic E-state index is 0.194. The Kier molecular flexibility index (Phi) is 5.37. The monoisotopic (exact) mass is 315 g/mol. The molecule has 2 aromatic rings. The van der Waals surface area contributed by atoms with Crippen molar-refractivity contribution >= 4 is 11.5 Å². The second kappa shape index (κ2) is 7.27. The molecular weight excluding hydrogens is 293 g/mol. The lowest BCUT2D eigenvalue weighted by Gasteiger charge is -2.14. The van der Waals surface area contributed by atoms with E-state index in [0.29, 0.717) is 29.5 Å². The van der Waals surface area contributed by atoms with Gasteiger partial charge < -0.3 is 10.5 Å². The summed E-state index contributed by atoms with van der Waals surface area (Å²) < 4.78 is 19.0. The van der Waals surface area contributed by atoms with Crippen molar-refractivity contribution in [1.29, 1.82) is 0 Å². The zero-order chi connectivity index (χ0) is 17.0. The normalized spacial score (nSPS) is 12.0. The molecule has 0 bridgehead atoms. The quantitative estimate of drug-likeness (QED) is 0.628. The molecule has 1 atom stereocenters. The molecule has 0 fully saturated rings. The van der Waals surface area contributed by atoms with E-state index in [1.807, 2.05) is 13.0 Å². The van der Waals surface area contributed by atoms with Crippen LogP contribution < -0.4 is 10.5 Å². The van der Waals surface area contributed by atoms with Crippen molar-refractivity contribution in [1.82, 2.24) is 0 Å². The summed E-state index contributed by atoms with van der Waals surface area (Å²) in [6.45, 7) is 6.39. The van der Waals surface area contributed by atoms with Gasteiger partial charge >= 0.3 is 0 Å². The van der Waals surface area contributed by atoms with Gasteiger partial charge in [-0.3, -0.25) is 4.79 Å². The van der Waals surface area contributed by atoms with Gasteiger partial charge in [-0.1, -0.05) is 19.9 Å². The Labute approximate surface area is 136 Å². The van der Waals surface area contributed by atoms with Crippen LogP contribution in [0, 0.1) is 5.82 Å². The van der Waals surface area contributed by atoms with Crippen LogP contribution in [0.25, 0.3) is 0 Å². The van der Waals surface area contributed by atoms with Gasteiger partial charge in [-0.2, -0.15) is 0 Å². The molecule has 2 N–H and O–H groups in total. The van der Waals surface area contributed by atoms with E-state index in [-0.39, 0.29) is 11.3 Å². The van der Waals surface area contributed by atoms with Crippen LogP contribution in [0.2, 0.25) is 0 Å². The number of hydrogen-bond donors (Lipinski definition) is 1. The Balaban J connectivity index is 2.50. The van der Waals surface area contributed by atoms with Gasteiger partial charge in [0.15, 0.2) is 5.78 Å². The zero-order valence-electron chi connectivity index (χ0n) is 13.7. The SMILES string of the molecule is CCOc1ccc(F)cc1C(=O)c1cc(C(C)CC)ccc1N. The predicted molar refractivity (Wildman–Crippen MR) is 90.6 cm³/mol. The number of rotatable bonds is 6. The second-order valence-electron chi connectivity index (χ2n) is 5.56. The summed E-state index contributed by atoms with van der Waals surface area (Å²) in [6, 6.07) is 9.40. The van der Waals surface area contributed by atoms with Gasteiger partial charge in [0.25, 0.3) is 0 Å². The number of nitrogen functional groups attached to an aromatic ring is 1. The molecule has 2 aromatic carbocycles. The number of ketones is 1. The van der Waals surface area contributed by atoms with Gasteiger partial charge in [0.05, 0.1) is 12.2 Å². The van der Waals surface area contributed by atoms with E-state index in [9.17, 15) is 9.18 Å². The van der Waals surface area contributed by atoms with Gasteiger partial charge in [0, 0.05) is 11.3 Å². The topological polar surface area (TPSA) is 52.3 Å². The highest BCUT2D eigenvalue weighted by Gasteiger charge is 2.19. The molecule has 0 aromatic heterocycles. The van der Waals surface area contributed by atoms with Crippen molar-refractivity contribution in [2.75, 3.05) is 12.3 Å². The van der Waals surface area contributed by atoms with Crippen molar-refractivity contribution < 1.29 is 13.9 Å². The molecule has 0 aliphatic heterocycles. The highest BCUT2D eigenvalue weighted by Crippen LogP contribution is 2.28. The van der Waals surface area contributed by atoms with Gasteiger partial charge in [-0.25, -0.2) is 4.39 Å². The fourth-order valence-electron chi connectivity index (χ4n) is 2.42. The molecule has 0 saturated heterocycles. The zero-order valence-corrected chi connectivity index (χ0v) is 13.7. The molecule has 0 saturated carbocycles. The minimum atomic E-state index is -0.478. The first kappa shape index (κ1) is 17.0. The van der Waals surface area contributed by atoms with E-state index >= 15 is 0 Å². The molecule has 0 heterocycles. The fourth-order valence-corrected chi connectivity index (χ4v) is 2.42. The van der Waals surface area contributed by atoms with Crippen molar-refractivity contribution in [3.05, 3.63) is 58.9 Å². The van der Waals surface area contributed by atoms with Gasteiger partial charge in [-0.15, -0.1) is 0 Å². The van der Waals surface area contributed by atoms with Crippen molar-refractivity contribution in [3.63, 3.8) is 0 Å². The molecule has 122 valence electrons. The summed E-state index contributed by atoms with van der Waals surface area (Å²) in [4.78, 5) is 12.9. The Morgan fingerprint density at radius 1 is 1.17 bits per heavy atom. The van der Waals surface area contributed by atoms with Crippen LogP contribution in [-0.2, 0) is 0 Å². The molecule has 0 amide bonds. The molecule has 2 rings (SSSR count). The molecule has 0 aliphatic rings. The first-order valence-corrected chi connectivity index (χ1v) is 7.84. The smallest absolute Gasteiger partial charge is 0.198 e. The van der Waals surface area contributed by atoms with Gasteiger partial charge in [0.1, 0.15) is 11.6 Å². The van der Waals surface area contributed by atoms with Gasteiger partial charge in [-0.05, 0) is 55.2 Å². The molecule has 3 nitrogen and oxygen atoms in total. The summed E-state index contributed by atoms with van der Waals surface area (Å²) in [5.41, 5.74) is 7.98. The first-order chi connectivity index (χ1) is 11.0. The van der Waals surface area contributed by atoms with Crippen LogP contribution in [-0.4, -0.2) is 12.4 Å².